The van der Waals surface area contributed by atoms with Crippen LogP contribution >= 0.6 is 0 Å². The average Bonchev–Trinajstić information content (AvgIpc) is 2.91. The van der Waals surface area contributed by atoms with Crippen LogP contribution in [0.4, 0.5) is 8.78 Å². The maximum Gasteiger partial charge on any atom is 0.262 e. The maximum atomic E-state index is 14.3. The second kappa shape index (κ2) is 6.83. The number of fused-ring (bicyclic) bond motifs is 1. The SMILES string of the molecule is COc1cc2c(C(C)C(N)=O)c(C)n(C(=O)c3ccc(F)cc3)c2cc1F. The van der Waals surface area contributed by atoms with Crippen molar-refractivity contribution in [2.75, 3.05) is 7.11 Å². The largest absolute Gasteiger partial charge is 0.494 e. The molecule has 0 saturated heterocycles. The summed E-state index contributed by atoms with van der Waals surface area (Å²) >= 11 is 0. The summed E-state index contributed by atoms with van der Waals surface area (Å²) in [5, 5.41) is 0.493. The summed E-state index contributed by atoms with van der Waals surface area (Å²) in [6.45, 7) is 3.27. The van der Waals surface area contributed by atoms with E-state index >= 15 is 0 Å². The molecule has 0 aliphatic carbocycles. The van der Waals surface area contributed by atoms with Gasteiger partial charge in [-0.3, -0.25) is 14.2 Å². The molecule has 1 atom stereocenters. The Morgan fingerprint density at radius 3 is 2.33 bits per heavy atom. The molecular weight excluding hydrogens is 354 g/mol. The van der Waals surface area contributed by atoms with E-state index < -0.39 is 29.4 Å². The topological polar surface area (TPSA) is 74.3 Å². The lowest BCUT2D eigenvalue weighted by atomic mass is 9.97. The van der Waals surface area contributed by atoms with Gasteiger partial charge in [-0.15, -0.1) is 0 Å². The number of ether oxygens (including phenoxy) is 1. The normalized spacial score (nSPS) is 12.2. The number of nitrogens with two attached hydrogens (primary N) is 1. The number of halogens is 2. The van der Waals surface area contributed by atoms with Crippen LogP contribution < -0.4 is 10.5 Å². The molecule has 0 aliphatic heterocycles. The molecule has 0 radical (unpaired) electrons. The van der Waals surface area contributed by atoms with Crippen molar-refractivity contribution < 1.29 is 23.1 Å². The third-order valence-corrected chi connectivity index (χ3v) is 4.68. The minimum Gasteiger partial charge on any atom is -0.494 e. The first kappa shape index (κ1) is 18.6. The van der Waals surface area contributed by atoms with Gasteiger partial charge in [-0.25, -0.2) is 8.78 Å². The summed E-state index contributed by atoms with van der Waals surface area (Å²) < 4.78 is 33.8. The lowest BCUT2D eigenvalue weighted by molar-refractivity contribution is -0.119. The Balaban J connectivity index is 2.33. The zero-order chi connectivity index (χ0) is 19.9. The van der Waals surface area contributed by atoms with Crippen LogP contribution in [0.3, 0.4) is 0 Å². The lowest BCUT2D eigenvalue weighted by Crippen LogP contribution is -2.20. The van der Waals surface area contributed by atoms with E-state index in [0.29, 0.717) is 16.6 Å². The molecule has 2 aromatic carbocycles. The van der Waals surface area contributed by atoms with Gasteiger partial charge in [0.15, 0.2) is 11.6 Å². The van der Waals surface area contributed by atoms with Gasteiger partial charge in [0.2, 0.25) is 5.91 Å². The summed E-state index contributed by atoms with van der Waals surface area (Å²) in [6, 6.07) is 7.66. The van der Waals surface area contributed by atoms with Crippen LogP contribution in [0.25, 0.3) is 10.9 Å². The van der Waals surface area contributed by atoms with E-state index in [2.05, 4.69) is 0 Å². The van der Waals surface area contributed by atoms with Crippen molar-refractivity contribution in [1.29, 1.82) is 0 Å². The van der Waals surface area contributed by atoms with E-state index in [1.807, 2.05) is 0 Å². The first-order valence-corrected chi connectivity index (χ1v) is 8.24. The maximum absolute atomic E-state index is 14.3. The monoisotopic (exact) mass is 372 g/mol. The van der Waals surface area contributed by atoms with Gasteiger partial charge in [-0.2, -0.15) is 0 Å². The van der Waals surface area contributed by atoms with Gasteiger partial charge in [0.1, 0.15) is 5.82 Å². The highest BCUT2D eigenvalue weighted by Crippen LogP contribution is 2.36. The lowest BCUT2D eigenvalue weighted by Gasteiger charge is -2.10. The highest BCUT2D eigenvalue weighted by Gasteiger charge is 2.26. The molecule has 3 aromatic rings. The molecule has 0 spiro atoms. The molecule has 3 rings (SSSR count). The van der Waals surface area contributed by atoms with E-state index in [1.165, 1.54) is 48.1 Å². The van der Waals surface area contributed by atoms with Crippen LogP contribution in [0.2, 0.25) is 0 Å². The first-order chi connectivity index (χ1) is 12.8. The van der Waals surface area contributed by atoms with Crippen LogP contribution in [0.5, 0.6) is 5.75 Å². The Kier molecular flexibility index (Phi) is 4.70. The van der Waals surface area contributed by atoms with Gasteiger partial charge in [-0.1, -0.05) is 0 Å². The number of hydrogen-bond acceptors (Lipinski definition) is 3. The summed E-state index contributed by atoms with van der Waals surface area (Å²) in [5.41, 5.74) is 6.95. The number of benzene rings is 2. The number of amides is 1. The second-order valence-electron chi connectivity index (χ2n) is 6.27. The summed E-state index contributed by atoms with van der Waals surface area (Å²) in [5.74, 6) is -2.87. The molecule has 1 amide bonds. The fourth-order valence-electron chi connectivity index (χ4n) is 3.27. The van der Waals surface area contributed by atoms with Crippen molar-refractivity contribution in [2.24, 2.45) is 5.73 Å². The van der Waals surface area contributed by atoms with Gasteiger partial charge in [-0.05, 0) is 49.7 Å². The third-order valence-electron chi connectivity index (χ3n) is 4.68. The quantitative estimate of drug-likeness (QED) is 0.762. The number of nitrogens with zero attached hydrogens (tertiary/aromatic N) is 1. The van der Waals surface area contributed by atoms with Gasteiger partial charge in [0.25, 0.3) is 5.91 Å². The van der Waals surface area contributed by atoms with Gasteiger partial charge < -0.3 is 10.5 Å². The van der Waals surface area contributed by atoms with Gasteiger partial charge in [0, 0.05) is 22.7 Å². The van der Waals surface area contributed by atoms with Crippen LogP contribution in [0, 0.1) is 18.6 Å². The minimum absolute atomic E-state index is 0.00759. The number of hydrogen-bond donors (Lipinski definition) is 1. The fraction of sp³-hybridized carbons (Fsp3) is 0.200. The molecule has 5 nitrogen and oxygen atoms in total. The Bertz CT molecular complexity index is 1060. The Hall–Kier alpha value is -3.22. The van der Waals surface area contributed by atoms with Crippen LogP contribution in [0.15, 0.2) is 36.4 Å². The Morgan fingerprint density at radius 2 is 1.78 bits per heavy atom. The molecule has 1 unspecified atom stereocenters. The number of primary amides is 1. The molecule has 140 valence electrons. The minimum atomic E-state index is -0.704. The fourth-order valence-corrected chi connectivity index (χ4v) is 3.27. The number of aromatic nitrogens is 1. The predicted octanol–water partition coefficient (Wildman–Crippen LogP) is 3.51. The summed E-state index contributed by atoms with van der Waals surface area (Å²) in [7, 11) is 1.33. The zero-order valence-electron chi connectivity index (χ0n) is 15.0. The highest BCUT2D eigenvalue weighted by atomic mass is 19.1. The third kappa shape index (κ3) is 3.05. The molecule has 1 heterocycles. The predicted molar refractivity (Wildman–Crippen MR) is 96.9 cm³/mol. The van der Waals surface area contributed by atoms with Crippen molar-refractivity contribution in [3.05, 3.63) is 64.9 Å². The summed E-state index contributed by atoms with van der Waals surface area (Å²) in [4.78, 5) is 24.8. The van der Waals surface area contributed by atoms with Crippen LogP contribution in [-0.2, 0) is 4.79 Å². The van der Waals surface area contributed by atoms with Crippen molar-refractivity contribution in [3.8, 4) is 5.75 Å². The van der Waals surface area contributed by atoms with Crippen molar-refractivity contribution in [2.45, 2.75) is 19.8 Å². The smallest absolute Gasteiger partial charge is 0.262 e. The summed E-state index contributed by atoms with van der Waals surface area (Å²) in [6.07, 6.45) is 0. The van der Waals surface area contributed by atoms with E-state index in [1.54, 1.807) is 13.8 Å². The van der Waals surface area contributed by atoms with Gasteiger partial charge in [0.05, 0.1) is 18.5 Å². The van der Waals surface area contributed by atoms with E-state index in [4.69, 9.17) is 10.5 Å². The van der Waals surface area contributed by atoms with E-state index in [0.717, 1.165) is 0 Å². The van der Waals surface area contributed by atoms with Crippen LogP contribution in [-0.4, -0.2) is 23.5 Å². The van der Waals surface area contributed by atoms with Crippen molar-refractivity contribution >= 4 is 22.7 Å². The molecule has 1 aromatic heterocycles. The molecule has 0 saturated carbocycles. The van der Waals surface area contributed by atoms with E-state index in [9.17, 15) is 18.4 Å². The molecule has 0 fully saturated rings. The van der Waals surface area contributed by atoms with E-state index in [-0.39, 0.29) is 16.8 Å². The molecule has 27 heavy (non-hydrogen) atoms. The number of carbonyl (C=O) groups is 2. The number of rotatable bonds is 4. The second-order valence-corrected chi connectivity index (χ2v) is 6.27. The number of methoxy groups -OCH3 is 1. The standard InChI is InChI=1S/C20H18F2N2O3/c1-10(19(23)25)18-11(2)24(20(26)12-4-6-13(21)7-5-12)16-9-15(22)17(27-3)8-14(16)18/h4-10H,1-3H3,(H2,23,25). The molecule has 0 bridgehead atoms. The molecule has 7 heteroatoms. The Morgan fingerprint density at radius 1 is 1.15 bits per heavy atom. The molecule has 0 aliphatic rings. The highest BCUT2D eigenvalue weighted by molar-refractivity contribution is 6.05. The average molecular weight is 372 g/mol. The Labute approximate surface area is 154 Å². The van der Waals surface area contributed by atoms with Crippen molar-refractivity contribution in [3.63, 3.8) is 0 Å². The zero-order valence-corrected chi connectivity index (χ0v) is 15.0. The van der Waals surface area contributed by atoms with Crippen molar-refractivity contribution in [1.82, 2.24) is 4.57 Å². The number of carbonyl (C=O) groups excluding carboxylic acids is 2. The van der Waals surface area contributed by atoms with Crippen LogP contribution in [0.1, 0.15) is 34.5 Å². The molecule has 2 N–H and O–H groups in total. The molecular formula is C20H18F2N2O3. The first-order valence-electron chi connectivity index (χ1n) is 8.24. The van der Waals surface area contributed by atoms with Gasteiger partial charge >= 0.3 is 0 Å².